The smallest absolute Gasteiger partial charge is 0.0649 e. The minimum absolute atomic E-state index is 0.653. The number of allylic oxidation sites excluding steroid dienone is 2. The van der Waals surface area contributed by atoms with Gasteiger partial charge in [0.25, 0.3) is 0 Å². The van der Waals surface area contributed by atoms with Crippen molar-refractivity contribution in [2.75, 3.05) is 5.73 Å². The summed E-state index contributed by atoms with van der Waals surface area (Å²) in [6, 6.07) is 1.89. The standard InChI is InChI=1S/C12H13BrClN/c1-7-2-4-8-9(5-3-7)12(15)11(14)6-10(8)13/h2,6H,3-5,15H2,1H3. The van der Waals surface area contributed by atoms with E-state index in [1.54, 1.807) is 0 Å². The third-order valence-electron chi connectivity index (χ3n) is 2.91. The van der Waals surface area contributed by atoms with E-state index >= 15 is 0 Å². The molecule has 1 aromatic carbocycles. The van der Waals surface area contributed by atoms with Crippen LogP contribution in [-0.4, -0.2) is 0 Å². The molecule has 0 spiro atoms. The Labute approximate surface area is 103 Å². The fraction of sp³-hybridized carbons (Fsp3) is 0.333. The van der Waals surface area contributed by atoms with Gasteiger partial charge in [-0.25, -0.2) is 0 Å². The molecule has 0 saturated carbocycles. The molecule has 0 unspecified atom stereocenters. The molecule has 0 fully saturated rings. The molecule has 80 valence electrons. The zero-order chi connectivity index (χ0) is 11.0. The van der Waals surface area contributed by atoms with Crippen molar-refractivity contribution in [1.82, 2.24) is 0 Å². The molecule has 3 heteroatoms. The summed E-state index contributed by atoms with van der Waals surface area (Å²) in [5.74, 6) is 0. The SMILES string of the molecule is CC1=CCc2c(Br)cc(Cl)c(N)c2CC1. The van der Waals surface area contributed by atoms with E-state index in [1.807, 2.05) is 6.07 Å². The number of benzene rings is 1. The van der Waals surface area contributed by atoms with E-state index in [1.165, 1.54) is 16.7 Å². The van der Waals surface area contributed by atoms with Crippen molar-refractivity contribution in [2.45, 2.75) is 26.2 Å². The van der Waals surface area contributed by atoms with E-state index < -0.39 is 0 Å². The summed E-state index contributed by atoms with van der Waals surface area (Å²) in [5.41, 5.74) is 10.7. The van der Waals surface area contributed by atoms with Gasteiger partial charge < -0.3 is 5.73 Å². The molecule has 1 aromatic rings. The van der Waals surface area contributed by atoms with Gasteiger partial charge in [-0.1, -0.05) is 39.2 Å². The molecule has 0 bridgehead atoms. The van der Waals surface area contributed by atoms with Crippen molar-refractivity contribution >= 4 is 33.2 Å². The van der Waals surface area contributed by atoms with Crippen LogP contribution >= 0.6 is 27.5 Å². The Bertz CT molecular complexity index is 438. The van der Waals surface area contributed by atoms with Gasteiger partial charge in [0, 0.05) is 4.47 Å². The second-order valence-electron chi connectivity index (χ2n) is 3.97. The number of halogens is 2. The Morgan fingerprint density at radius 2 is 2.07 bits per heavy atom. The van der Waals surface area contributed by atoms with Crippen LogP contribution in [0, 0.1) is 0 Å². The first-order chi connectivity index (χ1) is 7.09. The highest BCUT2D eigenvalue weighted by Gasteiger charge is 2.15. The van der Waals surface area contributed by atoms with E-state index in [-0.39, 0.29) is 0 Å². The maximum Gasteiger partial charge on any atom is 0.0649 e. The van der Waals surface area contributed by atoms with Crippen LogP contribution in [0.4, 0.5) is 5.69 Å². The van der Waals surface area contributed by atoms with Gasteiger partial charge >= 0.3 is 0 Å². The highest BCUT2D eigenvalue weighted by molar-refractivity contribution is 9.10. The molecule has 0 saturated heterocycles. The Morgan fingerprint density at radius 3 is 2.80 bits per heavy atom. The van der Waals surface area contributed by atoms with E-state index in [0.29, 0.717) is 5.02 Å². The van der Waals surface area contributed by atoms with Gasteiger partial charge in [-0.3, -0.25) is 0 Å². The maximum absolute atomic E-state index is 6.07. The van der Waals surface area contributed by atoms with Gasteiger partial charge in [-0.2, -0.15) is 0 Å². The Hall–Kier alpha value is -0.470. The molecule has 2 rings (SSSR count). The summed E-state index contributed by atoms with van der Waals surface area (Å²) in [6.45, 7) is 2.16. The van der Waals surface area contributed by atoms with E-state index in [2.05, 4.69) is 28.9 Å². The average Bonchev–Trinajstić information content (AvgIpc) is 2.38. The number of hydrogen-bond donors (Lipinski definition) is 1. The zero-order valence-corrected chi connectivity index (χ0v) is 11.0. The van der Waals surface area contributed by atoms with Crippen LogP contribution < -0.4 is 5.73 Å². The predicted octanol–water partition coefficient (Wildman–Crippen LogP) is 4.12. The van der Waals surface area contributed by atoms with Crippen molar-refractivity contribution in [2.24, 2.45) is 0 Å². The minimum Gasteiger partial charge on any atom is -0.397 e. The quantitative estimate of drug-likeness (QED) is 0.563. The molecular formula is C12H13BrClN. The lowest BCUT2D eigenvalue weighted by Gasteiger charge is -2.12. The first-order valence-electron chi connectivity index (χ1n) is 5.00. The lowest BCUT2D eigenvalue weighted by Crippen LogP contribution is -2.00. The summed E-state index contributed by atoms with van der Waals surface area (Å²) in [4.78, 5) is 0. The molecular weight excluding hydrogens is 273 g/mol. The van der Waals surface area contributed by atoms with Crippen LogP contribution in [0.25, 0.3) is 0 Å². The second-order valence-corrected chi connectivity index (χ2v) is 5.23. The lowest BCUT2D eigenvalue weighted by molar-refractivity contribution is 0.949. The Balaban J connectivity index is 2.57. The number of anilines is 1. The fourth-order valence-corrected chi connectivity index (χ4v) is 2.92. The monoisotopic (exact) mass is 285 g/mol. The number of fused-ring (bicyclic) bond motifs is 1. The van der Waals surface area contributed by atoms with Crippen molar-refractivity contribution in [3.63, 3.8) is 0 Å². The molecule has 1 nitrogen and oxygen atoms in total. The molecule has 1 aliphatic rings. The molecule has 15 heavy (non-hydrogen) atoms. The summed E-state index contributed by atoms with van der Waals surface area (Å²) < 4.78 is 1.07. The van der Waals surface area contributed by atoms with Crippen molar-refractivity contribution in [3.8, 4) is 0 Å². The number of hydrogen-bond acceptors (Lipinski definition) is 1. The maximum atomic E-state index is 6.07. The van der Waals surface area contributed by atoms with Crippen molar-refractivity contribution in [3.05, 3.63) is 38.3 Å². The van der Waals surface area contributed by atoms with Crippen LogP contribution in [-0.2, 0) is 12.8 Å². The third-order valence-corrected chi connectivity index (χ3v) is 3.93. The topological polar surface area (TPSA) is 26.0 Å². The summed E-state index contributed by atoms with van der Waals surface area (Å²) in [5, 5.41) is 0.653. The third kappa shape index (κ3) is 2.06. The average molecular weight is 287 g/mol. The highest BCUT2D eigenvalue weighted by Crippen LogP contribution is 2.35. The van der Waals surface area contributed by atoms with Crippen LogP contribution in [0.2, 0.25) is 5.02 Å². The van der Waals surface area contributed by atoms with Gasteiger partial charge in [0.2, 0.25) is 0 Å². The number of nitrogen functional groups attached to an aromatic ring is 1. The van der Waals surface area contributed by atoms with Gasteiger partial charge in [0.1, 0.15) is 0 Å². The van der Waals surface area contributed by atoms with Crippen molar-refractivity contribution in [1.29, 1.82) is 0 Å². The lowest BCUT2D eigenvalue weighted by atomic mass is 10.0. The number of rotatable bonds is 0. The van der Waals surface area contributed by atoms with Gasteiger partial charge in [-0.15, -0.1) is 0 Å². The first kappa shape index (κ1) is 11.0. The van der Waals surface area contributed by atoms with E-state index in [4.69, 9.17) is 17.3 Å². The molecule has 0 atom stereocenters. The van der Waals surface area contributed by atoms with Crippen LogP contribution in [0.1, 0.15) is 24.5 Å². The zero-order valence-electron chi connectivity index (χ0n) is 8.61. The van der Waals surface area contributed by atoms with Crippen LogP contribution in [0.3, 0.4) is 0 Å². The summed E-state index contributed by atoms with van der Waals surface area (Å²) in [7, 11) is 0. The molecule has 0 aromatic heterocycles. The highest BCUT2D eigenvalue weighted by atomic mass is 79.9. The van der Waals surface area contributed by atoms with E-state index in [0.717, 1.165) is 29.4 Å². The molecule has 1 aliphatic carbocycles. The minimum atomic E-state index is 0.653. The molecule has 2 N–H and O–H groups in total. The number of nitrogens with two attached hydrogens (primary N) is 1. The Morgan fingerprint density at radius 1 is 1.33 bits per heavy atom. The normalized spacial score (nSPS) is 15.5. The second kappa shape index (κ2) is 4.18. The van der Waals surface area contributed by atoms with Gasteiger partial charge in [-0.05, 0) is 43.4 Å². The fourth-order valence-electron chi connectivity index (χ4n) is 1.93. The molecule has 0 amide bonds. The van der Waals surface area contributed by atoms with Gasteiger partial charge in [0.05, 0.1) is 10.7 Å². The van der Waals surface area contributed by atoms with Crippen LogP contribution in [0.15, 0.2) is 22.2 Å². The first-order valence-corrected chi connectivity index (χ1v) is 6.17. The predicted molar refractivity (Wildman–Crippen MR) is 69.3 cm³/mol. The molecule has 0 radical (unpaired) electrons. The van der Waals surface area contributed by atoms with Crippen molar-refractivity contribution < 1.29 is 0 Å². The Kier molecular flexibility index (Phi) is 3.08. The van der Waals surface area contributed by atoms with E-state index in [9.17, 15) is 0 Å². The summed E-state index contributed by atoms with van der Waals surface area (Å²) >= 11 is 9.62. The van der Waals surface area contributed by atoms with Gasteiger partial charge in [0.15, 0.2) is 0 Å². The van der Waals surface area contributed by atoms with Crippen LogP contribution in [0.5, 0.6) is 0 Å². The molecule has 0 aliphatic heterocycles. The summed E-state index contributed by atoms with van der Waals surface area (Å²) in [6.07, 6.45) is 5.28. The largest absolute Gasteiger partial charge is 0.397 e. The molecule has 0 heterocycles.